The van der Waals surface area contributed by atoms with E-state index in [2.05, 4.69) is 4.74 Å². The lowest BCUT2D eigenvalue weighted by molar-refractivity contribution is -0.0502. The fourth-order valence-corrected chi connectivity index (χ4v) is 6.33. The predicted molar refractivity (Wildman–Crippen MR) is 104 cm³/mol. The van der Waals surface area contributed by atoms with E-state index in [1.807, 2.05) is 6.07 Å². The summed E-state index contributed by atoms with van der Waals surface area (Å²) in [6.07, 6.45) is 0.971. The van der Waals surface area contributed by atoms with Crippen molar-refractivity contribution in [2.24, 2.45) is 0 Å². The van der Waals surface area contributed by atoms with Gasteiger partial charge in [-0.15, -0.1) is 23.5 Å². The third-order valence-electron chi connectivity index (χ3n) is 4.27. The number of alkyl halides is 2. The molecule has 0 radical (unpaired) electrons. The van der Waals surface area contributed by atoms with Gasteiger partial charge in [-0.2, -0.15) is 8.78 Å². The highest BCUT2D eigenvalue weighted by atomic mass is 32.2. The molecule has 0 aromatic heterocycles. The number of halogens is 3. The number of Topliss-reactive ketones (excluding diaryl/α,β-unsaturated/α-hetero) is 1. The number of ketones is 1. The molecular weight excluding hydrogens is 393 g/mol. The van der Waals surface area contributed by atoms with Gasteiger partial charge >= 0.3 is 6.61 Å². The molecule has 0 saturated carbocycles. The number of hydrogen-bond donors (Lipinski definition) is 0. The number of hydrogen-bond acceptors (Lipinski definition) is 4. The number of rotatable bonds is 5. The zero-order valence-electron chi connectivity index (χ0n) is 14.9. The Morgan fingerprint density at radius 2 is 1.81 bits per heavy atom. The van der Waals surface area contributed by atoms with Crippen LogP contribution in [0.1, 0.15) is 33.5 Å². The van der Waals surface area contributed by atoms with Crippen molar-refractivity contribution in [1.29, 1.82) is 0 Å². The number of thioether (sulfide) groups is 2. The first kappa shape index (κ1) is 20.1. The van der Waals surface area contributed by atoms with Crippen LogP contribution in [0.3, 0.4) is 0 Å². The maximum Gasteiger partial charge on any atom is 0.387 e. The molecule has 1 heterocycles. The Bertz CT molecular complexity index is 829. The Morgan fingerprint density at radius 1 is 1.11 bits per heavy atom. The van der Waals surface area contributed by atoms with Gasteiger partial charge in [0.1, 0.15) is 15.6 Å². The standard InChI is InChI=1S/C20H19F3O2S2/c1-12-8-15(11-16(21)9-12)20(26-6-3-7-27-20)18(24)14-4-5-17(13(2)10-14)25-19(22)23/h4-5,8-11,19H,3,6-7H2,1-2H3. The fourth-order valence-electron chi connectivity index (χ4n) is 3.10. The third kappa shape index (κ3) is 4.29. The van der Waals surface area contributed by atoms with E-state index in [0.29, 0.717) is 16.7 Å². The fraction of sp³-hybridized carbons (Fsp3) is 0.350. The van der Waals surface area contributed by atoms with Crippen molar-refractivity contribution in [3.8, 4) is 5.75 Å². The molecule has 2 aromatic carbocycles. The average Bonchev–Trinajstić information content (AvgIpc) is 2.62. The van der Waals surface area contributed by atoms with Crippen LogP contribution in [0.5, 0.6) is 5.75 Å². The molecule has 7 heteroatoms. The Morgan fingerprint density at radius 3 is 2.41 bits per heavy atom. The number of carbonyl (C=O) groups excluding carboxylic acids is 1. The molecule has 1 aliphatic rings. The quantitative estimate of drug-likeness (QED) is 0.567. The second-order valence-corrected chi connectivity index (χ2v) is 9.25. The maximum absolute atomic E-state index is 14.0. The van der Waals surface area contributed by atoms with E-state index >= 15 is 0 Å². The summed E-state index contributed by atoms with van der Waals surface area (Å²) in [5.41, 5.74) is 2.24. The Kier molecular flexibility index (Phi) is 6.11. The van der Waals surface area contributed by atoms with Crippen molar-refractivity contribution in [2.75, 3.05) is 11.5 Å². The van der Waals surface area contributed by atoms with Crippen molar-refractivity contribution in [1.82, 2.24) is 0 Å². The zero-order valence-corrected chi connectivity index (χ0v) is 16.6. The van der Waals surface area contributed by atoms with Crippen molar-refractivity contribution in [2.45, 2.75) is 31.0 Å². The van der Waals surface area contributed by atoms with Gasteiger partial charge in [-0.05, 0) is 78.8 Å². The van der Waals surface area contributed by atoms with Gasteiger partial charge in [-0.1, -0.05) is 6.07 Å². The van der Waals surface area contributed by atoms with Gasteiger partial charge < -0.3 is 4.74 Å². The van der Waals surface area contributed by atoms with Crippen LogP contribution >= 0.6 is 23.5 Å². The molecule has 2 nitrogen and oxygen atoms in total. The molecule has 0 N–H and O–H groups in total. The lowest BCUT2D eigenvalue weighted by Crippen LogP contribution is -2.33. The van der Waals surface area contributed by atoms with Gasteiger partial charge in [0.05, 0.1) is 0 Å². The minimum atomic E-state index is -2.92. The zero-order chi connectivity index (χ0) is 19.6. The molecule has 1 fully saturated rings. The molecule has 3 rings (SSSR count). The van der Waals surface area contributed by atoms with E-state index in [1.54, 1.807) is 19.9 Å². The van der Waals surface area contributed by atoms with Crippen LogP contribution < -0.4 is 4.74 Å². The first-order valence-corrected chi connectivity index (χ1v) is 10.4. The lowest BCUT2D eigenvalue weighted by Gasteiger charge is -2.35. The molecule has 0 spiro atoms. The number of benzene rings is 2. The molecule has 1 saturated heterocycles. The maximum atomic E-state index is 14.0. The van der Waals surface area contributed by atoms with E-state index in [4.69, 9.17) is 0 Å². The summed E-state index contributed by atoms with van der Waals surface area (Å²) in [5.74, 6) is 1.09. The minimum Gasteiger partial charge on any atom is -0.435 e. The third-order valence-corrected chi connectivity index (χ3v) is 7.62. The second kappa shape index (κ2) is 8.19. The van der Waals surface area contributed by atoms with E-state index in [1.165, 1.54) is 47.8 Å². The van der Waals surface area contributed by atoms with Crippen LogP contribution in [0.25, 0.3) is 0 Å². The highest BCUT2D eigenvalue weighted by Gasteiger charge is 2.44. The monoisotopic (exact) mass is 412 g/mol. The normalized spacial score (nSPS) is 16.4. The predicted octanol–water partition coefficient (Wildman–Crippen LogP) is 5.95. The van der Waals surface area contributed by atoms with Gasteiger partial charge in [0.15, 0.2) is 5.78 Å². The lowest BCUT2D eigenvalue weighted by atomic mass is 9.98. The van der Waals surface area contributed by atoms with Crippen LogP contribution in [0, 0.1) is 19.7 Å². The SMILES string of the molecule is Cc1cc(F)cc(C2(C(=O)c3ccc(OC(F)F)c(C)c3)SCCCS2)c1. The first-order valence-electron chi connectivity index (χ1n) is 8.48. The molecule has 0 unspecified atom stereocenters. The van der Waals surface area contributed by atoms with Crippen molar-refractivity contribution < 1.29 is 22.7 Å². The summed E-state index contributed by atoms with van der Waals surface area (Å²) in [6.45, 7) is 0.495. The van der Waals surface area contributed by atoms with Crippen LogP contribution in [-0.2, 0) is 4.08 Å². The smallest absolute Gasteiger partial charge is 0.387 e. The van der Waals surface area contributed by atoms with Gasteiger partial charge in [0, 0.05) is 5.56 Å². The van der Waals surface area contributed by atoms with Gasteiger partial charge in [-0.25, -0.2) is 4.39 Å². The van der Waals surface area contributed by atoms with Crippen LogP contribution in [-0.4, -0.2) is 23.9 Å². The highest BCUT2D eigenvalue weighted by molar-refractivity contribution is 8.19. The molecule has 0 bridgehead atoms. The second-order valence-electron chi connectivity index (χ2n) is 6.37. The van der Waals surface area contributed by atoms with Crippen molar-refractivity contribution >= 4 is 29.3 Å². The first-order chi connectivity index (χ1) is 12.8. The number of carbonyl (C=O) groups is 1. The van der Waals surface area contributed by atoms with Crippen molar-refractivity contribution in [3.63, 3.8) is 0 Å². The summed E-state index contributed by atoms with van der Waals surface area (Å²) in [4.78, 5) is 13.5. The van der Waals surface area contributed by atoms with Crippen LogP contribution in [0.4, 0.5) is 13.2 Å². The van der Waals surface area contributed by atoms with Crippen molar-refractivity contribution in [3.05, 3.63) is 64.5 Å². The molecule has 27 heavy (non-hydrogen) atoms. The molecule has 0 atom stereocenters. The topological polar surface area (TPSA) is 26.3 Å². The summed E-state index contributed by atoms with van der Waals surface area (Å²) in [6, 6.07) is 9.13. The molecule has 0 aliphatic carbocycles. The van der Waals surface area contributed by atoms with Gasteiger partial charge in [0.25, 0.3) is 0 Å². The summed E-state index contributed by atoms with van der Waals surface area (Å²) >= 11 is 3.00. The number of ether oxygens (including phenoxy) is 1. The largest absolute Gasteiger partial charge is 0.435 e. The summed E-state index contributed by atoms with van der Waals surface area (Å²) < 4.78 is 42.5. The summed E-state index contributed by atoms with van der Waals surface area (Å²) in [7, 11) is 0. The van der Waals surface area contributed by atoms with E-state index < -0.39 is 10.7 Å². The Hall–Kier alpha value is -1.60. The van der Waals surface area contributed by atoms with Crippen LogP contribution in [0.2, 0.25) is 0 Å². The van der Waals surface area contributed by atoms with Crippen LogP contribution in [0.15, 0.2) is 36.4 Å². The number of aryl methyl sites for hydroxylation is 2. The van der Waals surface area contributed by atoms with E-state index in [9.17, 15) is 18.0 Å². The van der Waals surface area contributed by atoms with E-state index in [0.717, 1.165) is 23.5 Å². The minimum absolute atomic E-state index is 0.0427. The Balaban J connectivity index is 2.03. The van der Waals surface area contributed by atoms with Gasteiger partial charge in [-0.3, -0.25) is 4.79 Å². The molecule has 144 valence electrons. The highest BCUT2D eigenvalue weighted by Crippen LogP contribution is 2.52. The van der Waals surface area contributed by atoms with E-state index in [-0.39, 0.29) is 17.3 Å². The molecule has 2 aromatic rings. The van der Waals surface area contributed by atoms with Gasteiger partial charge in [0.2, 0.25) is 0 Å². The average molecular weight is 412 g/mol. The molecular formula is C20H19F3O2S2. The molecule has 1 aliphatic heterocycles. The Labute approximate surface area is 164 Å². The molecule has 0 amide bonds. The summed E-state index contributed by atoms with van der Waals surface area (Å²) in [5, 5.41) is 0.